The SMILES string of the molecule is CN1c2ccccc2N(CCNC(=O)/C=C/c2ccco2)S1(=O)=O. The molecule has 1 aromatic carbocycles. The van der Waals surface area contributed by atoms with Crippen LogP contribution in [0.3, 0.4) is 0 Å². The third-order valence-corrected chi connectivity index (χ3v) is 5.50. The first kappa shape index (κ1) is 16.1. The van der Waals surface area contributed by atoms with Crippen molar-refractivity contribution in [2.75, 3.05) is 28.7 Å². The zero-order valence-electron chi connectivity index (χ0n) is 13.0. The van der Waals surface area contributed by atoms with E-state index >= 15 is 0 Å². The van der Waals surface area contributed by atoms with E-state index in [2.05, 4.69) is 5.32 Å². The molecule has 24 heavy (non-hydrogen) atoms. The number of carbonyl (C=O) groups excluding carboxylic acids is 1. The molecule has 0 saturated heterocycles. The highest BCUT2D eigenvalue weighted by molar-refractivity contribution is 7.94. The molecule has 2 heterocycles. The van der Waals surface area contributed by atoms with E-state index in [0.29, 0.717) is 17.1 Å². The van der Waals surface area contributed by atoms with Crippen molar-refractivity contribution in [3.8, 4) is 0 Å². The second kappa shape index (κ2) is 6.40. The number of nitrogens with zero attached hydrogens (tertiary/aromatic N) is 2. The van der Waals surface area contributed by atoms with Crippen LogP contribution in [0.1, 0.15) is 5.76 Å². The number of rotatable bonds is 5. The van der Waals surface area contributed by atoms with Gasteiger partial charge >= 0.3 is 10.2 Å². The smallest absolute Gasteiger partial charge is 0.326 e. The molecule has 0 unspecified atom stereocenters. The first-order chi connectivity index (χ1) is 11.5. The van der Waals surface area contributed by atoms with Crippen LogP contribution in [-0.4, -0.2) is 34.5 Å². The van der Waals surface area contributed by atoms with Gasteiger partial charge in [0.05, 0.1) is 24.2 Å². The summed E-state index contributed by atoms with van der Waals surface area (Å²) in [6.45, 7) is 0.354. The summed E-state index contributed by atoms with van der Waals surface area (Å²) in [7, 11) is -2.08. The maximum atomic E-state index is 12.4. The lowest BCUT2D eigenvalue weighted by Gasteiger charge is -2.19. The summed E-state index contributed by atoms with van der Waals surface area (Å²) >= 11 is 0. The van der Waals surface area contributed by atoms with E-state index in [1.165, 1.54) is 28.0 Å². The van der Waals surface area contributed by atoms with Crippen molar-refractivity contribution >= 4 is 33.6 Å². The normalized spacial score (nSPS) is 15.7. The Morgan fingerprint density at radius 1 is 1.21 bits per heavy atom. The molecule has 8 heteroatoms. The Labute approximate surface area is 140 Å². The average Bonchev–Trinajstić information content (AvgIpc) is 3.15. The van der Waals surface area contributed by atoms with Gasteiger partial charge in [-0.2, -0.15) is 8.42 Å². The molecular weight excluding hydrogens is 330 g/mol. The lowest BCUT2D eigenvalue weighted by Crippen LogP contribution is -2.40. The van der Waals surface area contributed by atoms with Gasteiger partial charge in [-0.1, -0.05) is 12.1 Å². The molecular formula is C16H17N3O4S. The zero-order valence-corrected chi connectivity index (χ0v) is 13.9. The molecule has 0 saturated carbocycles. The highest BCUT2D eigenvalue weighted by atomic mass is 32.2. The van der Waals surface area contributed by atoms with Crippen LogP contribution in [0.2, 0.25) is 0 Å². The first-order valence-corrected chi connectivity index (χ1v) is 8.75. The van der Waals surface area contributed by atoms with Crippen LogP contribution >= 0.6 is 0 Å². The lowest BCUT2D eigenvalue weighted by atomic mass is 10.2. The Morgan fingerprint density at radius 2 is 1.96 bits per heavy atom. The van der Waals surface area contributed by atoms with Crippen molar-refractivity contribution in [1.82, 2.24) is 5.32 Å². The number of amides is 1. The summed E-state index contributed by atoms with van der Waals surface area (Å²) in [5.74, 6) is 0.257. The van der Waals surface area contributed by atoms with Crippen LogP contribution < -0.4 is 13.9 Å². The summed E-state index contributed by atoms with van der Waals surface area (Å²) < 4.78 is 32.5. The van der Waals surface area contributed by atoms with Gasteiger partial charge in [0.2, 0.25) is 5.91 Å². The van der Waals surface area contributed by atoms with Gasteiger partial charge in [0.15, 0.2) is 0 Å². The topological polar surface area (TPSA) is 82.9 Å². The van der Waals surface area contributed by atoms with Crippen LogP contribution in [-0.2, 0) is 15.0 Å². The van der Waals surface area contributed by atoms with E-state index < -0.39 is 10.2 Å². The summed E-state index contributed by atoms with van der Waals surface area (Å²) in [4.78, 5) is 11.8. The number of hydrogen-bond donors (Lipinski definition) is 1. The second-order valence-corrected chi connectivity index (χ2v) is 7.06. The third kappa shape index (κ3) is 3.00. The number of fused-ring (bicyclic) bond motifs is 1. The molecule has 1 aliphatic heterocycles. The Balaban J connectivity index is 1.61. The molecule has 0 fully saturated rings. The van der Waals surface area contributed by atoms with Crippen molar-refractivity contribution in [3.05, 3.63) is 54.5 Å². The average molecular weight is 347 g/mol. The van der Waals surface area contributed by atoms with Gasteiger partial charge in [-0.15, -0.1) is 0 Å². The lowest BCUT2D eigenvalue weighted by molar-refractivity contribution is -0.116. The molecule has 1 aromatic heterocycles. The van der Waals surface area contributed by atoms with Gasteiger partial charge in [-0.05, 0) is 30.3 Å². The monoisotopic (exact) mass is 347 g/mol. The molecule has 1 amide bonds. The van der Waals surface area contributed by atoms with Crippen LogP contribution in [0, 0.1) is 0 Å². The molecule has 0 spiro atoms. The number of nitrogens with one attached hydrogen (secondary N) is 1. The molecule has 0 radical (unpaired) electrons. The fraction of sp³-hybridized carbons (Fsp3) is 0.188. The molecule has 7 nitrogen and oxygen atoms in total. The molecule has 0 bridgehead atoms. The van der Waals surface area contributed by atoms with Gasteiger partial charge in [0.1, 0.15) is 5.76 Å². The number of carbonyl (C=O) groups is 1. The number of furan rings is 1. The highest BCUT2D eigenvalue weighted by Gasteiger charge is 2.37. The van der Waals surface area contributed by atoms with Gasteiger partial charge < -0.3 is 9.73 Å². The minimum Gasteiger partial charge on any atom is -0.465 e. The van der Waals surface area contributed by atoms with Crippen LogP contribution in [0.4, 0.5) is 11.4 Å². The Morgan fingerprint density at radius 3 is 2.67 bits per heavy atom. The van der Waals surface area contributed by atoms with E-state index in [-0.39, 0.29) is 19.0 Å². The fourth-order valence-electron chi connectivity index (χ4n) is 2.46. The van der Waals surface area contributed by atoms with E-state index in [1.54, 1.807) is 42.5 Å². The summed E-state index contributed by atoms with van der Waals surface area (Å²) in [6, 6.07) is 10.5. The van der Waals surface area contributed by atoms with E-state index in [9.17, 15) is 13.2 Å². The van der Waals surface area contributed by atoms with Crippen molar-refractivity contribution in [3.63, 3.8) is 0 Å². The van der Waals surface area contributed by atoms with Gasteiger partial charge in [-0.3, -0.25) is 9.10 Å². The molecule has 126 valence electrons. The van der Waals surface area contributed by atoms with E-state index in [4.69, 9.17) is 4.42 Å². The Kier molecular flexibility index (Phi) is 4.30. The number of hydrogen-bond acceptors (Lipinski definition) is 4. The number of para-hydroxylation sites is 2. The zero-order chi connectivity index (χ0) is 17.2. The predicted octanol–water partition coefficient (Wildman–Crippen LogP) is 1.61. The second-order valence-electron chi connectivity index (χ2n) is 5.18. The molecule has 0 atom stereocenters. The summed E-state index contributed by atoms with van der Waals surface area (Å²) in [5.41, 5.74) is 1.24. The van der Waals surface area contributed by atoms with Crippen LogP contribution in [0.25, 0.3) is 6.08 Å². The number of anilines is 2. The van der Waals surface area contributed by atoms with Crippen molar-refractivity contribution in [2.24, 2.45) is 0 Å². The Hall–Kier alpha value is -2.74. The van der Waals surface area contributed by atoms with Crippen molar-refractivity contribution in [2.45, 2.75) is 0 Å². The molecule has 3 rings (SSSR count). The standard InChI is InChI=1S/C16H17N3O4S/c1-18-14-6-2-3-7-15(14)19(24(18,21)22)11-10-17-16(20)9-8-13-5-4-12-23-13/h2-9,12H,10-11H2,1H3,(H,17,20)/b9-8+. The molecule has 1 aliphatic rings. The van der Waals surface area contributed by atoms with Crippen molar-refractivity contribution < 1.29 is 17.6 Å². The predicted molar refractivity (Wildman–Crippen MR) is 91.9 cm³/mol. The van der Waals surface area contributed by atoms with Gasteiger partial charge in [0, 0.05) is 19.7 Å². The van der Waals surface area contributed by atoms with Gasteiger partial charge in [-0.25, -0.2) is 4.31 Å². The Bertz CT molecular complexity index is 859. The quantitative estimate of drug-likeness (QED) is 0.833. The third-order valence-electron chi connectivity index (χ3n) is 3.67. The van der Waals surface area contributed by atoms with Crippen LogP contribution in [0.15, 0.2) is 53.2 Å². The summed E-state index contributed by atoms with van der Waals surface area (Å²) in [6.07, 6.45) is 4.41. The van der Waals surface area contributed by atoms with E-state index in [1.807, 2.05) is 0 Å². The molecule has 0 aliphatic carbocycles. The maximum absolute atomic E-state index is 12.4. The minimum atomic E-state index is -3.59. The maximum Gasteiger partial charge on any atom is 0.326 e. The fourth-order valence-corrected chi connectivity index (χ4v) is 3.88. The van der Waals surface area contributed by atoms with Gasteiger partial charge in [0.25, 0.3) is 0 Å². The van der Waals surface area contributed by atoms with Crippen LogP contribution in [0.5, 0.6) is 0 Å². The largest absolute Gasteiger partial charge is 0.465 e. The highest BCUT2D eigenvalue weighted by Crippen LogP contribution is 2.38. The number of benzene rings is 1. The molecule has 1 N–H and O–H groups in total. The first-order valence-electron chi connectivity index (χ1n) is 7.35. The summed E-state index contributed by atoms with van der Waals surface area (Å²) in [5, 5.41) is 2.66. The minimum absolute atomic E-state index is 0.157. The van der Waals surface area contributed by atoms with Crippen molar-refractivity contribution in [1.29, 1.82) is 0 Å². The van der Waals surface area contributed by atoms with E-state index in [0.717, 1.165) is 0 Å². The molecule has 2 aromatic rings.